The first-order chi connectivity index (χ1) is 17.2. The molecule has 0 unspecified atom stereocenters. The predicted molar refractivity (Wildman–Crippen MR) is 132 cm³/mol. The first-order valence-electron chi connectivity index (χ1n) is 13.3. The summed E-state index contributed by atoms with van der Waals surface area (Å²) in [5, 5.41) is 9.92. The lowest BCUT2D eigenvalue weighted by atomic mass is 9.53. The fourth-order valence-electron chi connectivity index (χ4n) is 7.94. The second-order valence-electron chi connectivity index (χ2n) is 11.6. The van der Waals surface area contributed by atoms with Gasteiger partial charge < -0.3 is 14.6 Å². The van der Waals surface area contributed by atoms with Gasteiger partial charge in [-0.2, -0.15) is 0 Å². The first kappa shape index (κ1) is 23.7. The normalized spacial score (nSPS) is 31.4. The van der Waals surface area contributed by atoms with Gasteiger partial charge in [0.15, 0.2) is 11.5 Å². The third kappa shape index (κ3) is 3.88. The van der Waals surface area contributed by atoms with Gasteiger partial charge in [0, 0.05) is 24.7 Å². The molecule has 6 heteroatoms. The fraction of sp³-hybridized carbons (Fsp3) is 0.567. The van der Waals surface area contributed by atoms with Crippen LogP contribution in [0.4, 0.5) is 8.78 Å². The lowest BCUT2D eigenvalue weighted by Crippen LogP contribution is -2.47. The minimum absolute atomic E-state index is 0.0742. The number of hydrogen-bond donors (Lipinski definition) is 1. The zero-order valence-corrected chi connectivity index (χ0v) is 20.8. The van der Waals surface area contributed by atoms with Crippen LogP contribution in [0.5, 0.6) is 17.2 Å². The Balaban J connectivity index is 1.14. The highest BCUT2D eigenvalue weighted by Crippen LogP contribution is 2.68. The maximum Gasteiger partial charge on any atom is 0.253 e. The smallest absolute Gasteiger partial charge is 0.253 e. The van der Waals surface area contributed by atoms with Crippen molar-refractivity contribution in [1.29, 1.82) is 0 Å². The first-order valence-corrected chi connectivity index (χ1v) is 13.3. The Morgan fingerprint density at radius 1 is 1.08 bits per heavy atom. The number of ether oxygens (including phenoxy) is 2. The monoisotopic (exact) mass is 496 g/mol. The van der Waals surface area contributed by atoms with Gasteiger partial charge in [-0.3, -0.25) is 4.79 Å². The number of halogens is 2. The van der Waals surface area contributed by atoms with Crippen LogP contribution in [0.2, 0.25) is 0 Å². The maximum atomic E-state index is 15.5. The van der Waals surface area contributed by atoms with Crippen LogP contribution in [0.15, 0.2) is 36.4 Å². The molecule has 4 nitrogen and oxygen atoms in total. The van der Waals surface area contributed by atoms with E-state index in [0.29, 0.717) is 37.9 Å². The van der Waals surface area contributed by atoms with Crippen LogP contribution >= 0.6 is 0 Å². The zero-order valence-electron chi connectivity index (χ0n) is 20.8. The van der Waals surface area contributed by atoms with E-state index in [-0.39, 0.29) is 48.4 Å². The third-order valence-electron chi connectivity index (χ3n) is 9.75. The van der Waals surface area contributed by atoms with Crippen LogP contribution in [0.25, 0.3) is 0 Å². The number of Topliss-reactive ketones (excluding diaryl/α,β-unsaturated/α-hetero) is 1. The van der Waals surface area contributed by atoms with E-state index < -0.39 is 11.3 Å². The highest BCUT2D eigenvalue weighted by molar-refractivity contribution is 5.78. The summed E-state index contributed by atoms with van der Waals surface area (Å²) in [6.45, 7) is 2.03. The largest absolute Gasteiger partial charge is 0.508 e. The number of benzene rings is 2. The van der Waals surface area contributed by atoms with Crippen molar-refractivity contribution in [2.45, 2.75) is 76.6 Å². The molecule has 3 aliphatic carbocycles. The van der Waals surface area contributed by atoms with Crippen molar-refractivity contribution in [3.8, 4) is 17.2 Å². The average Bonchev–Trinajstić information content (AvgIpc) is 3.40. The van der Waals surface area contributed by atoms with Gasteiger partial charge in [0.1, 0.15) is 11.5 Å². The predicted octanol–water partition coefficient (Wildman–Crippen LogP) is 6.82. The van der Waals surface area contributed by atoms with E-state index >= 15 is 8.78 Å². The summed E-state index contributed by atoms with van der Waals surface area (Å²) < 4.78 is 41.7. The van der Waals surface area contributed by atoms with Crippen molar-refractivity contribution >= 4 is 5.78 Å². The van der Waals surface area contributed by atoms with E-state index in [1.54, 1.807) is 6.07 Å². The molecule has 1 heterocycles. The van der Waals surface area contributed by atoms with Gasteiger partial charge >= 0.3 is 0 Å². The molecule has 2 aromatic rings. The van der Waals surface area contributed by atoms with Crippen molar-refractivity contribution in [3.63, 3.8) is 0 Å². The van der Waals surface area contributed by atoms with E-state index in [1.165, 1.54) is 11.1 Å². The number of hydrogen-bond acceptors (Lipinski definition) is 4. The molecule has 0 spiro atoms. The molecule has 1 N–H and O–H groups in total. The van der Waals surface area contributed by atoms with Crippen molar-refractivity contribution in [2.24, 2.45) is 23.2 Å². The van der Waals surface area contributed by atoms with Gasteiger partial charge in [-0.05, 0) is 103 Å². The van der Waals surface area contributed by atoms with Crippen LogP contribution in [-0.4, -0.2) is 23.6 Å². The van der Waals surface area contributed by atoms with Crippen molar-refractivity contribution in [2.75, 3.05) is 6.79 Å². The van der Waals surface area contributed by atoms with E-state index in [9.17, 15) is 9.90 Å². The van der Waals surface area contributed by atoms with Crippen LogP contribution in [0.3, 0.4) is 0 Å². The summed E-state index contributed by atoms with van der Waals surface area (Å²) in [7, 11) is 0. The molecular formula is C30H34F2O4. The Hall–Kier alpha value is -2.63. The van der Waals surface area contributed by atoms with E-state index in [1.807, 2.05) is 37.3 Å². The molecule has 5 atom stereocenters. The molecule has 4 aliphatic rings. The topological polar surface area (TPSA) is 55.8 Å². The summed E-state index contributed by atoms with van der Waals surface area (Å²) >= 11 is 0. The second kappa shape index (κ2) is 8.74. The average molecular weight is 497 g/mol. The number of ketones is 1. The van der Waals surface area contributed by atoms with Gasteiger partial charge in [0.2, 0.25) is 6.79 Å². The minimum Gasteiger partial charge on any atom is -0.508 e. The quantitative estimate of drug-likeness (QED) is 0.477. The summed E-state index contributed by atoms with van der Waals surface area (Å²) in [5.41, 5.74) is 2.43. The van der Waals surface area contributed by atoms with Crippen molar-refractivity contribution in [1.82, 2.24) is 0 Å². The van der Waals surface area contributed by atoms with Crippen LogP contribution in [-0.2, 0) is 17.6 Å². The molecule has 0 saturated heterocycles. The molecule has 2 aromatic carbocycles. The summed E-state index contributed by atoms with van der Waals surface area (Å²) in [6.07, 6.45) is 4.82. The third-order valence-corrected chi connectivity index (χ3v) is 9.75. The number of carbonyl (C=O) groups is 1. The van der Waals surface area contributed by atoms with E-state index in [0.717, 1.165) is 30.6 Å². The van der Waals surface area contributed by atoms with Gasteiger partial charge in [-0.25, -0.2) is 8.78 Å². The molecular weight excluding hydrogens is 462 g/mol. The number of aryl methyl sites for hydroxylation is 2. The Labute approximate surface area is 211 Å². The molecule has 192 valence electrons. The second-order valence-corrected chi connectivity index (χ2v) is 11.6. The SMILES string of the molecule is C[C@]12CC[C@@H]3c4ccc(O)cc4CC[C@H]3[C@@H]1[C@H](CCC(=O)CCc1ccc3c(c1)OCO3)CC2(F)F. The molecule has 0 bridgehead atoms. The van der Waals surface area contributed by atoms with Gasteiger partial charge in [-0.1, -0.05) is 19.1 Å². The van der Waals surface area contributed by atoms with Crippen LogP contribution < -0.4 is 9.47 Å². The standard InChI is InChI=1S/C30H34F2O4/c1-29-13-12-24-23-10-8-22(34)15-19(23)5-9-25(24)28(29)20(16-30(29,31)32)4-7-21(33)6-2-18-3-11-26-27(14-18)36-17-35-26/h3,8,10-11,14-15,20,24-25,28,34H,2,4-7,9,12-13,16-17H2,1H3/t20-,24-,25-,28+,29+/m1/s1. The highest BCUT2D eigenvalue weighted by atomic mass is 19.3. The summed E-state index contributed by atoms with van der Waals surface area (Å²) in [5.74, 6) is -0.572. The van der Waals surface area contributed by atoms with E-state index in [4.69, 9.17) is 9.47 Å². The highest BCUT2D eigenvalue weighted by Gasteiger charge is 2.67. The Bertz CT molecular complexity index is 1180. The number of alkyl halides is 2. The lowest BCUT2D eigenvalue weighted by Gasteiger charge is -2.51. The van der Waals surface area contributed by atoms with Crippen LogP contribution in [0.1, 0.15) is 74.5 Å². The van der Waals surface area contributed by atoms with Crippen molar-refractivity contribution in [3.05, 3.63) is 53.1 Å². The molecule has 2 fully saturated rings. The summed E-state index contributed by atoms with van der Waals surface area (Å²) in [4.78, 5) is 12.8. The maximum absolute atomic E-state index is 15.5. The fourth-order valence-corrected chi connectivity index (χ4v) is 7.94. The molecule has 36 heavy (non-hydrogen) atoms. The Morgan fingerprint density at radius 2 is 1.92 bits per heavy atom. The molecule has 1 aliphatic heterocycles. The zero-order chi connectivity index (χ0) is 25.1. The molecule has 2 saturated carbocycles. The van der Waals surface area contributed by atoms with Gasteiger partial charge in [-0.15, -0.1) is 0 Å². The molecule has 6 rings (SSSR count). The number of phenolic OH excluding ortho intramolecular Hbond substituents is 1. The van der Waals surface area contributed by atoms with Crippen molar-refractivity contribution < 1.29 is 28.2 Å². The Kier molecular flexibility index (Phi) is 5.77. The number of carbonyl (C=O) groups excluding carboxylic acids is 1. The summed E-state index contributed by atoms with van der Waals surface area (Å²) in [6, 6.07) is 11.3. The number of fused-ring (bicyclic) bond motifs is 6. The number of phenols is 1. The number of aromatic hydroxyl groups is 1. The molecule has 0 aromatic heterocycles. The number of rotatable bonds is 6. The lowest BCUT2D eigenvalue weighted by molar-refractivity contribution is -0.133. The van der Waals surface area contributed by atoms with E-state index in [2.05, 4.69) is 0 Å². The van der Waals surface area contributed by atoms with Gasteiger partial charge in [0.05, 0.1) is 0 Å². The van der Waals surface area contributed by atoms with Gasteiger partial charge in [0.25, 0.3) is 5.92 Å². The van der Waals surface area contributed by atoms with Crippen LogP contribution in [0, 0.1) is 23.2 Å². The Morgan fingerprint density at radius 3 is 2.78 bits per heavy atom. The minimum atomic E-state index is -2.70. The molecule has 0 amide bonds. The molecule has 0 radical (unpaired) electrons.